The van der Waals surface area contributed by atoms with Gasteiger partial charge < -0.3 is 9.13 Å². The van der Waals surface area contributed by atoms with Gasteiger partial charge in [0.25, 0.3) is 0 Å². The summed E-state index contributed by atoms with van der Waals surface area (Å²) in [7, 11) is 0. The van der Waals surface area contributed by atoms with Crippen molar-refractivity contribution in [3.8, 4) is 51.3 Å². The van der Waals surface area contributed by atoms with E-state index in [4.69, 9.17) is 0 Å². The molecule has 0 N–H and O–H groups in total. The minimum Gasteiger partial charge on any atom is -0.309 e. The molecule has 10 aromatic rings. The van der Waals surface area contributed by atoms with Gasteiger partial charge in [-0.25, -0.2) is 41.9 Å². The average molecular weight is 756 g/mol. The summed E-state index contributed by atoms with van der Waals surface area (Å²) in [5, 5.41) is 13.8. The van der Waals surface area contributed by atoms with Crippen molar-refractivity contribution in [2.24, 2.45) is 0 Å². The molecule has 0 unspecified atom stereocenters. The van der Waals surface area contributed by atoms with Gasteiger partial charge in [0.2, 0.25) is 5.82 Å². The van der Waals surface area contributed by atoms with Crippen molar-refractivity contribution >= 4 is 43.6 Å². The molecule has 10 rings (SSSR count). The summed E-state index contributed by atoms with van der Waals surface area (Å²) in [6.07, 6.45) is 6.49. The predicted octanol–water partition coefficient (Wildman–Crippen LogP) is 11.0. The molecule has 4 aromatic heterocycles. The highest BCUT2D eigenvalue weighted by Crippen LogP contribution is 2.43. The average Bonchev–Trinajstić information content (AvgIpc) is 3.77. The molecule has 12 heteroatoms. The fourth-order valence-corrected chi connectivity index (χ4v) is 7.72. The largest absolute Gasteiger partial charge is 0.309 e. The summed E-state index contributed by atoms with van der Waals surface area (Å²) in [5.41, 5.74) is 2.47. The lowest BCUT2D eigenvalue weighted by Crippen LogP contribution is -2.08. The molecule has 0 atom stereocenters. The zero-order valence-electron chi connectivity index (χ0n) is 29.2. The summed E-state index contributed by atoms with van der Waals surface area (Å²) >= 11 is 0. The van der Waals surface area contributed by atoms with Gasteiger partial charge in [-0.1, -0.05) is 36.4 Å². The number of benzene rings is 6. The van der Waals surface area contributed by atoms with Crippen LogP contribution in [0.1, 0.15) is 5.56 Å². The maximum atomic E-state index is 16.1. The molecule has 0 bridgehead atoms. The van der Waals surface area contributed by atoms with Crippen LogP contribution < -0.4 is 0 Å². The molecular formula is C45H22F5N7. The molecule has 0 radical (unpaired) electrons. The normalized spacial score (nSPS) is 11.6. The van der Waals surface area contributed by atoms with E-state index >= 15 is 17.6 Å². The first kappa shape index (κ1) is 33.8. The Morgan fingerprint density at radius 1 is 0.439 bits per heavy atom. The third-order valence-electron chi connectivity index (χ3n) is 10.2. The molecule has 0 spiro atoms. The second-order valence-corrected chi connectivity index (χ2v) is 13.3. The minimum absolute atomic E-state index is 0.0118. The highest BCUT2D eigenvalue weighted by molar-refractivity contribution is 6.12. The van der Waals surface area contributed by atoms with E-state index in [1.807, 2.05) is 54.6 Å². The van der Waals surface area contributed by atoms with E-state index in [2.05, 4.69) is 26.0 Å². The van der Waals surface area contributed by atoms with Crippen LogP contribution in [0, 0.1) is 40.4 Å². The SMILES string of the molecule is N#Cc1cc(-n2c3ccccc3c3cc(-c4ncccn4)ccc32)c(-c2c(F)c(F)c(F)c(F)c2F)cc1-n1c2ccccc2c2cc(-c3ncccn3)ccc21. The van der Waals surface area contributed by atoms with Gasteiger partial charge in [-0.2, -0.15) is 5.26 Å². The molecule has 57 heavy (non-hydrogen) atoms. The van der Waals surface area contributed by atoms with Crippen LogP contribution in [-0.2, 0) is 0 Å². The third-order valence-corrected chi connectivity index (χ3v) is 10.2. The van der Waals surface area contributed by atoms with Crippen LogP contribution in [0.4, 0.5) is 22.0 Å². The second-order valence-electron chi connectivity index (χ2n) is 13.3. The molecule has 0 aliphatic heterocycles. The van der Waals surface area contributed by atoms with Crippen LogP contribution in [-0.4, -0.2) is 29.1 Å². The van der Waals surface area contributed by atoms with Gasteiger partial charge in [-0.3, -0.25) is 0 Å². The number of hydrogen-bond donors (Lipinski definition) is 0. The topological polar surface area (TPSA) is 85.2 Å². The van der Waals surface area contributed by atoms with Gasteiger partial charge in [0, 0.05) is 63.0 Å². The van der Waals surface area contributed by atoms with Crippen LogP contribution in [0.15, 0.2) is 134 Å². The van der Waals surface area contributed by atoms with Crippen LogP contribution in [0.2, 0.25) is 0 Å². The monoisotopic (exact) mass is 755 g/mol. The molecule has 0 aliphatic carbocycles. The number of halogens is 5. The Morgan fingerprint density at radius 3 is 1.37 bits per heavy atom. The van der Waals surface area contributed by atoms with E-state index in [0.29, 0.717) is 44.7 Å². The van der Waals surface area contributed by atoms with E-state index < -0.39 is 34.6 Å². The number of nitriles is 1. The highest BCUT2D eigenvalue weighted by atomic mass is 19.2. The zero-order chi connectivity index (χ0) is 38.9. The molecule has 0 saturated heterocycles. The number of hydrogen-bond acceptors (Lipinski definition) is 5. The lowest BCUT2D eigenvalue weighted by atomic mass is 9.97. The van der Waals surface area contributed by atoms with Crippen LogP contribution in [0.25, 0.3) is 88.9 Å². The molecule has 4 heterocycles. The van der Waals surface area contributed by atoms with Crippen molar-refractivity contribution in [2.75, 3.05) is 0 Å². The van der Waals surface area contributed by atoms with Gasteiger partial charge in [0.05, 0.1) is 44.6 Å². The molecule has 0 aliphatic rings. The Balaban J connectivity index is 1.32. The Hall–Kier alpha value is -7.78. The zero-order valence-corrected chi connectivity index (χ0v) is 29.2. The summed E-state index contributed by atoms with van der Waals surface area (Å²) in [6.45, 7) is 0. The summed E-state index contributed by atoms with van der Waals surface area (Å²) < 4.78 is 80.5. The second kappa shape index (κ2) is 12.9. The Bertz CT molecular complexity index is 3290. The van der Waals surface area contributed by atoms with Crippen LogP contribution in [0.3, 0.4) is 0 Å². The van der Waals surface area contributed by atoms with Gasteiger partial charge in [-0.15, -0.1) is 0 Å². The van der Waals surface area contributed by atoms with Gasteiger partial charge in [0.15, 0.2) is 34.9 Å². The van der Waals surface area contributed by atoms with Crippen molar-refractivity contribution in [3.63, 3.8) is 0 Å². The number of para-hydroxylation sites is 2. The fourth-order valence-electron chi connectivity index (χ4n) is 7.72. The molecule has 0 fully saturated rings. The lowest BCUT2D eigenvalue weighted by Gasteiger charge is -2.20. The molecule has 272 valence electrons. The quantitative estimate of drug-likeness (QED) is 0.0992. The van der Waals surface area contributed by atoms with Gasteiger partial charge >= 0.3 is 0 Å². The molecular weight excluding hydrogens is 734 g/mol. The number of aromatic nitrogens is 6. The number of fused-ring (bicyclic) bond motifs is 6. The maximum absolute atomic E-state index is 16.1. The van der Waals surface area contributed by atoms with Crippen LogP contribution in [0.5, 0.6) is 0 Å². The van der Waals surface area contributed by atoms with Crippen LogP contribution >= 0.6 is 0 Å². The fraction of sp³-hybridized carbons (Fsp3) is 0. The molecule has 0 saturated carbocycles. The van der Waals surface area contributed by atoms with Gasteiger partial charge in [-0.05, 0) is 72.8 Å². The first-order chi connectivity index (χ1) is 27.8. The first-order valence-electron chi connectivity index (χ1n) is 17.6. The molecule has 6 aromatic carbocycles. The van der Waals surface area contributed by atoms with Crippen molar-refractivity contribution in [3.05, 3.63) is 169 Å². The van der Waals surface area contributed by atoms with Crippen molar-refractivity contribution < 1.29 is 22.0 Å². The number of nitrogens with zero attached hydrogens (tertiary/aromatic N) is 7. The van der Waals surface area contributed by atoms with Crippen molar-refractivity contribution in [1.29, 1.82) is 5.26 Å². The van der Waals surface area contributed by atoms with Crippen molar-refractivity contribution in [2.45, 2.75) is 0 Å². The van der Waals surface area contributed by atoms with Gasteiger partial charge in [0.1, 0.15) is 6.07 Å². The van der Waals surface area contributed by atoms with E-state index in [9.17, 15) is 9.65 Å². The Labute approximate surface area is 319 Å². The first-order valence-corrected chi connectivity index (χ1v) is 17.6. The minimum atomic E-state index is -2.28. The van der Waals surface area contributed by atoms with E-state index in [1.54, 1.807) is 76.4 Å². The van der Waals surface area contributed by atoms with E-state index in [-0.39, 0.29) is 22.5 Å². The lowest BCUT2D eigenvalue weighted by molar-refractivity contribution is 0.381. The number of rotatable bonds is 5. The highest BCUT2D eigenvalue weighted by Gasteiger charge is 2.31. The summed E-state index contributed by atoms with van der Waals surface area (Å²) in [5.74, 6) is -9.54. The molecule has 0 amide bonds. The van der Waals surface area contributed by atoms with E-state index in [1.165, 1.54) is 12.1 Å². The summed E-state index contributed by atoms with van der Waals surface area (Å²) in [6, 6.07) is 33.9. The van der Waals surface area contributed by atoms with E-state index in [0.717, 1.165) is 21.7 Å². The summed E-state index contributed by atoms with van der Waals surface area (Å²) in [4.78, 5) is 17.5. The smallest absolute Gasteiger partial charge is 0.200 e. The Morgan fingerprint density at radius 2 is 0.877 bits per heavy atom. The predicted molar refractivity (Wildman–Crippen MR) is 207 cm³/mol. The standard InChI is InChI=1S/C45H22F5N7/c46-39-38(40(47)42(49)43(50)41(39)48)31-22-36(56-32-9-3-1-7-27(32)29-19-24(11-13-34(29)56)44-52-15-5-16-53-44)26(23-51)21-37(31)57-33-10-4-2-8-28(33)30-20-25(12-14-35(30)57)45-54-17-6-18-55-45/h1-22H. The Kier molecular flexibility index (Phi) is 7.65. The van der Waals surface area contributed by atoms with Crippen molar-refractivity contribution in [1.82, 2.24) is 29.1 Å². The third kappa shape index (κ3) is 5.09. The maximum Gasteiger partial charge on any atom is 0.200 e. The molecule has 7 nitrogen and oxygen atoms in total.